The molecule has 2 aliphatic heterocycles. The van der Waals surface area contributed by atoms with Crippen LogP contribution in [-0.4, -0.2) is 58.6 Å². The molecular formula is C48H42F6N12. The van der Waals surface area contributed by atoms with Crippen molar-refractivity contribution in [1.29, 1.82) is 0 Å². The van der Waals surface area contributed by atoms with Gasteiger partial charge in [0.1, 0.15) is 11.6 Å². The Labute approximate surface area is 375 Å². The van der Waals surface area contributed by atoms with Crippen molar-refractivity contribution in [2.75, 3.05) is 0 Å². The minimum atomic E-state index is -4.41. The number of alkyl halides is 6. The number of nitrogens with zero attached hydrogens (tertiary/aromatic N) is 12. The highest BCUT2D eigenvalue weighted by molar-refractivity contribution is 5.65. The van der Waals surface area contributed by atoms with Gasteiger partial charge < -0.3 is 9.13 Å². The number of pyridine rings is 2. The van der Waals surface area contributed by atoms with Gasteiger partial charge in [-0.2, -0.15) is 36.5 Å². The second-order valence-electron chi connectivity index (χ2n) is 16.1. The summed E-state index contributed by atoms with van der Waals surface area (Å²) in [6, 6.07) is 19.1. The van der Waals surface area contributed by atoms with Gasteiger partial charge in [-0.25, -0.2) is 29.3 Å². The van der Waals surface area contributed by atoms with E-state index in [9.17, 15) is 26.3 Å². The standard InChI is InChI=1S/2C24H21F3N6/c2*1-16-14-32(15-29-16)18-10-8-17(28-13-18)9-11-22-30-23-20(6-4-12-33(23)31-22)19-5-2-3-7-21(19)24(25,26)27/h2*2-3,5,7-11,13-15,20H,4,6,12H2,1H3/b2*11-9+/t2*20-/m10/s1. The fourth-order valence-electron chi connectivity index (χ4n) is 8.33. The van der Waals surface area contributed by atoms with Crippen molar-refractivity contribution in [3.63, 3.8) is 0 Å². The summed E-state index contributed by atoms with van der Waals surface area (Å²) in [7, 11) is 0. The third kappa shape index (κ3) is 9.62. The molecule has 8 heterocycles. The van der Waals surface area contributed by atoms with Gasteiger partial charge in [0, 0.05) is 37.3 Å². The molecule has 0 N–H and O–H groups in total. The first-order valence-electron chi connectivity index (χ1n) is 21.3. The molecule has 0 amide bonds. The van der Waals surface area contributed by atoms with Crippen molar-refractivity contribution in [3.8, 4) is 11.4 Å². The van der Waals surface area contributed by atoms with Gasteiger partial charge in [-0.3, -0.25) is 9.97 Å². The molecule has 0 aliphatic carbocycles. The molecule has 2 atom stereocenters. The fraction of sp³-hybridized carbons (Fsp3) is 0.250. The third-order valence-electron chi connectivity index (χ3n) is 11.4. The molecule has 2 aliphatic rings. The summed E-state index contributed by atoms with van der Waals surface area (Å²) < 4.78 is 88.6. The van der Waals surface area contributed by atoms with Gasteiger partial charge >= 0.3 is 12.4 Å². The van der Waals surface area contributed by atoms with Crippen LogP contribution in [0, 0.1) is 13.8 Å². The highest BCUT2D eigenvalue weighted by atomic mass is 19.4. The lowest BCUT2D eigenvalue weighted by molar-refractivity contribution is -0.139. The van der Waals surface area contributed by atoms with E-state index in [-0.39, 0.29) is 11.1 Å². The molecule has 0 saturated heterocycles. The predicted molar refractivity (Wildman–Crippen MR) is 235 cm³/mol. The van der Waals surface area contributed by atoms with Crippen LogP contribution in [-0.2, 0) is 25.4 Å². The molecule has 66 heavy (non-hydrogen) atoms. The van der Waals surface area contributed by atoms with Crippen LogP contribution in [0.1, 0.15) is 106 Å². The van der Waals surface area contributed by atoms with Crippen LogP contribution in [0.15, 0.2) is 110 Å². The molecule has 18 heteroatoms. The summed E-state index contributed by atoms with van der Waals surface area (Å²) in [6.07, 6.45) is 11.7. The second kappa shape index (κ2) is 18.2. The Hall–Kier alpha value is -7.50. The summed E-state index contributed by atoms with van der Waals surface area (Å²) in [5, 5.41) is 9.00. The largest absolute Gasteiger partial charge is 0.416 e. The van der Waals surface area contributed by atoms with E-state index in [0.717, 1.165) is 59.1 Å². The number of aromatic nitrogens is 12. The summed E-state index contributed by atoms with van der Waals surface area (Å²) in [4.78, 5) is 26.4. The molecule has 0 spiro atoms. The Morgan fingerprint density at radius 1 is 0.530 bits per heavy atom. The first kappa shape index (κ1) is 43.7. The Bertz CT molecular complexity index is 2800. The van der Waals surface area contributed by atoms with Gasteiger partial charge in [0.2, 0.25) is 0 Å². The molecular weight excluding hydrogens is 859 g/mol. The zero-order valence-electron chi connectivity index (χ0n) is 35.7. The zero-order valence-corrected chi connectivity index (χ0v) is 35.7. The lowest BCUT2D eigenvalue weighted by Gasteiger charge is -2.25. The third-order valence-corrected chi connectivity index (χ3v) is 11.4. The van der Waals surface area contributed by atoms with Gasteiger partial charge in [0.25, 0.3) is 0 Å². The summed E-state index contributed by atoms with van der Waals surface area (Å²) in [5.41, 5.74) is 4.37. The molecule has 0 radical (unpaired) electrons. The van der Waals surface area contributed by atoms with Crippen LogP contribution < -0.4 is 0 Å². The lowest BCUT2D eigenvalue weighted by Crippen LogP contribution is -2.21. The van der Waals surface area contributed by atoms with Gasteiger partial charge in [0.05, 0.1) is 70.3 Å². The number of aryl methyl sites for hydroxylation is 4. The first-order valence-corrected chi connectivity index (χ1v) is 21.3. The number of rotatable bonds is 8. The van der Waals surface area contributed by atoms with Gasteiger partial charge in [0.15, 0.2) is 11.6 Å². The minimum absolute atomic E-state index is 0.251. The van der Waals surface area contributed by atoms with E-state index >= 15 is 0 Å². The highest BCUT2D eigenvalue weighted by Gasteiger charge is 2.38. The van der Waals surface area contributed by atoms with E-state index in [1.54, 1.807) is 83.0 Å². The number of fused-ring (bicyclic) bond motifs is 2. The molecule has 0 unspecified atom stereocenters. The summed E-state index contributed by atoms with van der Waals surface area (Å²) in [6.45, 7) is 5.12. The average Bonchev–Trinajstić information content (AvgIpc) is 4.14. The Balaban J connectivity index is 0.000000166. The zero-order chi connectivity index (χ0) is 46.0. The fourth-order valence-corrected chi connectivity index (χ4v) is 8.33. The van der Waals surface area contributed by atoms with Crippen molar-refractivity contribution >= 4 is 24.3 Å². The number of hydrogen-bond acceptors (Lipinski definition) is 8. The van der Waals surface area contributed by atoms with Gasteiger partial charge in [-0.15, -0.1) is 0 Å². The molecule has 12 nitrogen and oxygen atoms in total. The van der Waals surface area contributed by atoms with E-state index in [0.29, 0.717) is 49.2 Å². The van der Waals surface area contributed by atoms with Crippen LogP contribution in [0.4, 0.5) is 26.3 Å². The molecule has 336 valence electrons. The smallest absolute Gasteiger partial charge is 0.304 e. The summed E-state index contributed by atoms with van der Waals surface area (Å²) >= 11 is 0. The Morgan fingerprint density at radius 2 is 0.955 bits per heavy atom. The monoisotopic (exact) mass is 900 g/mol. The first-order chi connectivity index (χ1) is 31.8. The number of hydrogen-bond donors (Lipinski definition) is 0. The maximum absolute atomic E-state index is 13.6. The van der Waals surface area contributed by atoms with Crippen molar-refractivity contribution in [2.24, 2.45) is 0 Å². The van der Waals surface area contributed by atoms with Crippen molar-refractivity contribution < 1.29 is 26.3 Å². The minimum Gasteiger partial charge on any atom is -0.304 e. The van der Waals surface area contributed by atoms with Crippen LogP contribution in [0.2, 0.25) is 0 Å². The maximum atomic E-state index is 13.6. The molecule has 10 rings (SSSR count). The Kier molecular flexibility index (Phi) is 12.0. The molecule has 0 fully saturated rings. The van der Waals surface area contributed by atoms with E-state index in [1.807, 2.05) is 59.6 Å². The van der Waals surface area contributed by atoms with E-state index in [2.05, 4.69) is 40.1 Å². The van der Waals surface area contributed by atoms with Crippen LogP contribution in [0.3, 0.4) is 0 Å². The second-order valence-corrected chi connectivity index (χ2v) is 16.1. The van der Waals surface area contributed by atoms with E-state index in [1.165, 1.54) is 12.1 Å². The van der Waals surface area contributed by atoms with Crippen LogP contribution in [0.25, 0.3) is 35.7 Å². The molecule has 0 bridgehead atoms. The van der Waals surface area contributed by atoms with Crippen molar-refractivity contribution in [1.82, 2.24) is 58.6 Å². The predicted octanol–water partition coefficient (Wildman–Crippen LogP) is 10.6. The molecule has 8 aromatic rings. The van der Waals surface area contributed by atoms with Crippen molar-refractivity contribution in [3.05, 3.63) is 179 Å². The Morgan fingerprint density at radius 3 is 1.32 bits per heavy atom. The van der Waals surface area contributed by atoms with Crippen LogP contribution >= 0.6 is 0 Å². The number of benzene rings is 2. The number of imidazole rings is 2. The average molecular weight is 901 g/mol. The van der Waals surface area contributed by atoms with E-state index in [4.69, 9.17) is 0 Å². The molecule has 2 aromatic carbocycles. The normalized spacial score (nSPS) is 16.3. The maximum Gasteiger partial charge on any atom is 0.416 e. The summed E-state index contributed by atoms with van der Waals surface area (Å²) in [5.74, 6) is 1.16. The van der Waals surface area contributed by atoms with Gasteiger partial charge in [-0.1, -0.05) is 36.4 Å². The van der Waals surface area contributed by atoms with Crippen LogP contribution in [0.5, 0.6) is 0 Å². The van der Waals surface area contributed by atoms with E-state index < -0.39 is 35.3 Å². The number of halogens is 6. The van der Waals surface area contributed by atoms with Gasteiger partial charge in [-0.05, 0) is 111 Å². The lowest BCUT2D eigenvalue weighted by atomic mass is 9.88. The quantitative estimate of drug-likeness (QED) is 0.138. The van der Waals surface area contributed by atoms with Crippen molar-refractivity contribution in [2.45, 2.75) is 76.8 Å². The molecule has 0 saturated carbocycles. The topological polar surface area (TPSA) is 123 Å². The SMILES string of the molecule is Cc1cn(-c2ccc(/C=C/c3nc4n(n3)CCC[C@@H]4c3ccccc3C(F)(F)F)nc2)cn1.Cc1cn(-c2ccc(/C=C/c3nc4n(n3)CCC[C@H]4c3ccccc3C(F)(F)F)nc2)cn1. The molecule has 6 aromatic heterocycles. The highest BCUT2D eigenvalue weighted by Crippen LogP contribution is 2.42.